The molecule has 0 atom stereocenters. The molecule has 0 spiro atoms. The van der Waals surface area contributed by atoms with Gasteiger partial charge in [0.05, 0.1) is 17.1 Å². The molecule has 32 heavy (non-hydrogen) atoms. The third-order valence-corrected chi connectivity index (χ3v) is 5.02. The lowest BCUT2D eigenvalue weighted by molar-refractivity contribution is -0.138. The van der Waals surface area contributed by atoms with Crippen molar-refractivity contribution in [3.8, 4) is 5.75 Å². The average Bonchev–Trinajstić information content (AvgIpc) is 2.62. The van der Waals surface area contributed by atoms with Crippen molar-refractivity contribution in [3.63, 3.8) is 0 Å². The Balaban J connectivity index is 0.000000557. The molecule has 0 fully saturated rings. The summed E-state index contributed by atoms with van der Waals surface area (Å²) in [6.45, 7) is 1.05. The molecular weight excluding hydrogens is 479 g/mol. The maximum atomic E-state index is 12.4. The normalized spacial score (nSPS) is 11.7. The van der Waals surface area contributed by atoms with Crippen LogP contribution in [-0.2, 0) is 37.4 Å². The highest BCUT2D eigenvalue weighted by Gasteiger charge is 2.33. The van der Waals surface area contributed by atoms with Gasteiger partial charge in [-0.2, -0.15) is 22.0 Å². The second-order valence-corrected chi connectivity index (χ2v) is 10.6. The first kappa shape index (κ1) is 29.8. The Morgan fingerprint density at radius 3 is 1.62 bits per heavy atom. The van der Waals surface area contributed by atoms with Crippen LogP contribution >= 0.6 is 0 Å². The van der Waals surface area contributed by atoms with E-state index in [-0.39, 0.29) is 22.6 Å². The molecule has 0 bridgehead atoms. The summed E-state index contributed by atoms with van der Waals surface area (Å²) in [5, 5.41) is 0. The quantitative estimate of drug-likeness (QED) is 0.511. The highest BCUT2D eigenvalue weighted by molar-refractivity contribution is 7.90. The Kier molecular flexibility index (Phi) is 11.9. The second kappa shape index (κ2) is 12.7. The number of rotatable bonds is 6. The van der Waals surface area contributed by atoms with Gasteiger partial charge in [-0.15, -0.1) is 0 Å². The summed E-state index contributed by atoms with van der Waals surface area (Å²) in [6.07, 6.45) is -2.58. The Labute approximate surface area is 185 Å². The lowest BCUT2D eigenvalue weighted by Crippen LogP contribution is -2.11. The molecule has 0 amide bonds. The minimum atomic E-state index is -4.51. The van der Waals surface area contributed by atoms with Crippen molar-refractivity contribution in [3.05, 3.63) is 65.2 Å². The fraction of sp³-hybridized carbons (Fsp3) is 0.400. The van der Waals surface area contributed by atoms with Gasteiger partial charge >= 0.3 is 12.8 Å². The van der Waals surface area contributed by atoms with Crippen molar-refractivity contribution in [1.29, 1.82) is 0 Å². The minimum absolute atomic E-state index is 0.0991. The molecule has 0 unspecified atom stereocenters. The highest BCUT2D eigenvalue weighted by atomic mass is 32.2. The second-order valence-electron chi connectivity index (χ2n) is 6.28. The number of hydrogen-bond donors (Lipinski definition) is 0. The molecule has 0 aliphatic carbocycles. The van der Waals surface area contributed by atoms with Crippen molar-refractivity contribution < 1.29 is 43.5 Å². The maximum absolute atomic E-state index is 12.4. The number of benzene rings is 2. The van der Waals surface area contributed by atoms with E-state index in [1.807, 2.05) is 13.8 Å². The van der Waals surface area contributed by atoms with Gasteiger partial charge in [0.1, 0.15) is 5.75 Å². The summed E-state index contributed by atoms with van der Waals surface area (Å²) >= 11 is 0. The molecule has 2 aromatic rings. The van der Waals surface area contributed by atoms with Crippen LogP contribution in [-0.4, -0.2) is 36.0 Å². The van der Waals surface area contributed by atoms with E-state index in [9.17, 15) is 38.8 Å². The van der Waals surface area contributed by atoms with Gasteiger partial charge in [-0.05, 0) is 17.7 Å². The van der Waals surface area contributed by atoms with Gasteiger partial charge in [0, 0.05) is 18.1 Å². The number of para-hydroxylation sites is 1. The highest BCUT2D eigenvalue weighted by Crippen LogP contribution is 2.32. The van der Waals surface area contributed by atoms with E-state index in [1.165, 1.54) is 36.4 Å². The van der Waals surface area contributed by atoms with E-state index in [2.05, 4.69) is 4.74 Å². The molecule has 5 nitrogen and oxygen atoms in total. The number of sulfone groups is 2. The lowest BCUT2D eigenvalue weighted by Gasteiger charge is -2.11. The largest absolute Gasteiger partial charge is 0.435 e. The van der Waals surface area contributed by atoms with Crippen molar-refractivity contribution in [2.75, 3.05) is 12.5 Å². The van der Waals surface area contributed by atoms with Gasteiger partial charge in [-0.25, -0.2) is 16.8 Å². The number of alkyl halides is 5. The van der Waals surface area contributed by atoms with E-state index in [0.29, 0.717) is 0 Å². The Hall–Kier alpha value is -2.21. The third-order valence-electron chi connectivity index (χ3n) is 3.35. The standard InChI is InChI=1S/C9H9F3O2S.C9H10F2O3S.C2H6/c1-15(13,14)6-7-4-2-3-5-8(7)9(10,11)12;1-15(12,13)6-7-4-2-3-5-8(7)14-9(10)11;1-2/h2-5H,6H2,1H3;2-5,9H,6H2,1H3;1-2H3. The molecule has 182 valence electrons. The molecule has 0 saturated carbocycles. The predicted molar refractivity (Wildman–Crippen MR) is 113 cm³/mol. The zero-order valence-electron chi connectivity index (χ0n) is 17.9. The summed E-state index contributed by atoms with van der Waals surface area (Å²) in [4.78, 5) is 0. The topological polar surface area (TPSA) is 77.5 Å². The first-order chi connectivity index (χ1) is 14.6. The molecule has 0 aliphatic rings. The minimum Gasteiger partial charge on any atom is -0.435 e. The van der Waals surface area contributed by atoms with E-state index < -0.39 is 43.8 Å². The van der Waals surface area contributed by atoms with Crippen molar-refractivity contribution >= 4 is 19.7 Å². The SMILES string of the molecule is CC.CS(=O)(=O)Cc1ccccc1C(F)(F)F.CS(=O)(=O)Cc1ccccc1OC(F)F. The molecule has 2 aromatic carbocycles. The molecular formula is C20H25F5O5S2. The summed E-state index contributed by atoms with van der Waals surface area (Å²) in [7, 11) is -6.72. The zero-order valence-corrected chi connectivity index (χ0v) is 19.5. The van der Waals surface area contributed by atoms with Crippen LogP contribution in [0.2, 0.25) is 0 Å². The zero-order chi connectivity index (χ0) is 25.2. The lowest BCUT2D eigenvalue weighted by atomic mass is 10.1. The molecule has 0 saturated heterocycles. The monoisotopic (exact) mass is 504 g/mol. The summed E-state index contributed by atoms with van der Waals surface area (Å²) in [6, 6.07) is 10.5. The third kappa shape index (κ3) is 12.6. The molecule has 0 N–H and O–H groups in total. The fourth-order valence-electron chi connectivity index (χ4n) is 2.32. The van der Waals surface area contributed by atoms with Gasteiger partial charge in [-0.1, -0.05) is 50.2 Å². The number of ether oxygens (including phenoxy) is 1. The van der Waals surface area contributed by atoms with Crippen LogP contribution in [0.25, 0.3) is 0 Å². The Morgan fingerprint density at radius 2 is 1.19 bits per heavy atom. The predicted octanol–water partition coefficient (Wildman–Crippen LogP) is 5.11. The summed E-state index contributed by atoms with van der Waals surface area (Å²) in [5.74, 6) is -1.00. The van der Waals surface area contributed by atoms with Crippen LogP contribution < -0.4 is 4.74 Å². The molecule has 2 rings (SSSR count). The van der Waals surface area contributed by atoms with Crippen LogP contribution in [0.4, 0.5) is 22.0 Å². The Bertz CT molecular complexity index is 1050. The van der Waals surface area contributed by atoms with E-state index in [1.54, 1.807) is 6.07 Å². The average molecular weight is 505 g/mol. The maximum Gasteiger partial charge on any atom is 0.416 e. The van der Waals surface area contributed by atoms with Crippen LogP contribution in [0, 0.1) is 0 Å². The van der Waals surface area contributed by atoms with Gasteiger partial charge in [0.2, 0.25) is 0 Å². The van der Waals surface area contributed by atoms with Gasteiger partial charge in [0.15, 0.2) is 19.7 Å². The smallest absolute Gasteiger partial charge is 0.416 e. The van der Waals surface area contributed by atoms with Crippen molar-refractivity contribution in [2.24, 2.45) is 0 Å². The van der Waals surface area contributed by atoms with Gasteiger partial charge in [0.25, 0.3) is 0 Å². The van der Waals surface area contributed by atoms with Gasteiger partial charge in [-0.3, -0.25) is 0 Å². The molecule has 0 aliphatic heterocycles. The summed E-state index contributed by atoms with van der Waals surface area (Å²) in [5.41, 5.74) is -0.872. The van der Waals surface area contributed by atoms with Crippen LogP contribution in [0.5, 0.6) is 5.75 Å². The van der Waals surface area contributed by atoms with Crippen LogP contribution in [0.1, 0.15) is 30.5 Å². The molecule has 0 aromatic heterocycles. The van der Waals surface area contributed by atoms with Crippen LogP contribution in [0.15, 0.2) is 48.5 Å². The number of halogens is 5. The van der Waals surface area contributed by atoms with Crippen LogP contribution in [0.3, 0.4) is 0 Å². The Morgan fingerprint density at radius 1 is 0.781 bits per heavy atom. The number of hydrogen-bond acceptors (Lipinski definition) is 5. The fourth-order valence-corrected chi connectivity index (χ4v) is 3.94. The van der Waals surface area contributed by atoms with Gasteiger partial charge < -0.3 is 4.74 Å². The summed E-state index contributed by atoms with van der Waals surface area (Å²) < 4.78 is 109. The van der Waals surface area contributed by atoms with E-state index >= 15 is 0 Å². The molecule has 0 radical (unpaired) electrons. The first-order valence-corrected chi connectivity index (χ1v) is 13.2. The van der Waals surface area contributed by atoms with E-state index in [4.69, 9.17) is 0 Å². The van der Waals surface area contributed by atoms with E-state index in [0.717, 1.165) is 18.6 Å². The molecule has 12 heteroatoms. The van der Waals surface area contributed by atoms with Crippen molar-refractivity contribution in [2.45, 2.75) is 38.1 Å². The first-order valence-electron chi connectivity index (χ1n) is 9.12. The van der Waals surface area contributed by atoms with Crippen molar-refractivity contribution in [1.82, 2.24) is 0 Å². The molecule has 0 heterocycles.